The fourth-order valence-corrected chi connectivity index (χ4v) is 3.36. The van der Waals surface area contributed by atoms with Crippen molar-refractivity contribution in [3.63, 3.8) is 0 Å². The number of carbonyl (C=O) groups is 2. The van der Waals surface area contributed by atoms with Crippen molar-refractivity contribution >= 4 is 11.8 Å². The Morgan fingerprint density at radius 1 is 1.33 bits per heavy atom. The summed E-state index contributed by atoms with van der Waals surface area (Å²) in [5, 5.41) is 3.37. The number of rotatable bonds is 2. The fourth-order valence-electron chi connectivity index (χ4n) is 3.36. The monoisotopic (exact) mass is 251 g/mol. The van der Waals surface area contributed by atoms with Crippen LogP contribution in [0.1, 0.15) is 32.1 Å². The second-order valence-corrected chi connectivity index (χ2v) is 5.62. The molecule has 3 aliphatic heterocycles. The van der Waals surface area contributed by atoms with E-state index in [1.807, 2.05) is 9.80 Å². The largest absolute Gasteiger partial charge is 0.339 e. The first-order valence-corrected chi connectivity index (χ1v) is 7.04. The maximum atomic E-state index is 12.2. The van der Waals surface area contributed by atoms with E-state index in [0.717, 1.165) is 32.5 Å². The molecule has 100 valence electrons. The van der Waals surface area contributed by atoms with Gasteiger partial charge in [0.2, 0.25) is 11.8 Å². The molecule has 5 nitrogen and oxygen atoms in total. The molecule has 0 spiro atoms. The number of hydrogen-bond acceptors (Lipinski definition) is 3. The number of nitrogens with one attached hydrogen (secondary N) is 1. The van der Waals surface area contributed by atoms with Crippen LogP contribution in [0.5, 0.6) is 0 Å². The molecule has 0 aromatic carbocycles. The van der Waals surface area contributed by atoms with Crippen LogP contribution < -0.4 is 5.32 Å². The van der Waals surface area contributed by atoms with Crippen molar-refractivity contribution < 1.29 is 9.59 Å². The van der Waals surface area contributed by atoms with Crippen molar-refractivity contribution in [2.75, 3.05) is 26.2 Å². The number of fused-ring (bicyclic) bond motifs is 1. The van der Waals surface area contributed by atoms with E-state index in [2.05, 4.69) is 5.32 Å². The highest BCUT2D eigenvalue weighted by Crippen LogP contribution is 2.23. The van der Waals surface area contributed by atoms with Crippen LogP contribution in [0.15, 0.2) is 0 Å². The Bertz CT molecular complexity index is 352. The van der Waals surface area contributed by atoms with Gasteiger partial charge in [-0.3, -0.25) is 9.59 Å². The van der Waals surface area contributed by atoms with Crippen molar-refractivity contribution in [1.82, 2.24) is 15.1 Å². The molecule has 0 radical (unpaired) electrons. The predicted octanol–water partition coefficient (Wildman–Crippen LogP) is -0.0383. The molecular weight excluding hydrogens is 230 g/mol. The SMILES string of the molecule is O=C(CC1CCCN1)N1CCN2C(=O)CCC2C1. The highest BCUT2D eigenvalue weighted by molar-refractivity contribution is 5.80. The molecule has 0 aromatic heterocycles. The molecule has 3 saturated heterocycles. The van der Waals surface area contributed by atoms with E-state index in [4.69, 9.17) is 0 Å². The smallest absolute Gasteiger partial charge is 0.224 e. The minimum Gasteiger partial charge on any atom is -0.339 e. The number of nitrogens with zero attached hydrogens (tertiary/aromatic N) is 2. The van der Waals surface area contributed by atoms with E-state index in [0.29, 0.717) is 25.4 Å². The maximum absolute atomic E-state index is 12.2. The zero-order valence-corrected chi connectivity index (χ0v) is 10.7. The molecule has 5 heteroatoms. The number of hydrogen-bond donors (Lipinski definition) is 1. The summed E-state index contributed by atoms with van der Waals surface area (Å²) in [5.41, 5.74) is 0. The summed E-state index contributed by atoms with van der Waals surface area (Å²) in [5.74, 6) is 0.526. The van der Waals surface area contributed by atoms with Gasteiger partial charge >= 0.3 is 0 Å². The van der Waals surface area contributed by atoms with Crippen LogP contribution in [0.25, 0.3) is 0 Å². The Kier molecular flexibility index (Phi) is 3.24. The topological polar surface area (TPSA) is 52.7 Å². The van der Waals surface area contributed by atoms with Gasteiger partial charge in [-0.25, -0.2) is 0 Å². The first-order valence-electron chi connectivity index (χ1n) is 7.04. The van der Waals surface area contributed by atoms with Gasteiger partial charge in [0.15, 0.2) is 0 Å². The Morgan fingerprint density at radius 2 is 2.22 bits per heavy atom. The highest BCUT2D eigenvalue weighted by Gasteiger charge is 2.37. The summed E-state index contributed by atoms with van der Waals surface area (Å²) in [6.07, 6.45) is 4.51. The van der Waals surface area contributed by atoms with Gasteiger partial charge in [0, 0.05) is 44.6 Å². The van der Waals surface area contributed by atoms with Crippen LogP contribution in [0.2, 0.25) is 0 Å². The zero-order chi connectivity index (χ0) is 12.5. The first-order chi connectivity index (χ1) is 8.74. The van der Waals surface area contributed by atoms with Crippen molar-refractivity contribution in [2.45, 2.75) is 44.2 Å². The molecule has 3 heterocycles. The average Bonchev–Trinajstić information content (AvgIpc) is 2.99. The van der Waals surface area contributed by atoms with Crippen LogP contribution in [0, 0.1) is 0 Å². The average molecular weight is 251 g/mol. The zero-order valence-electron chi connectivity index (χ0n) is 10.7. The molecule has 0 bridgehead atoms. The van der Waals surface area contributed by atoms with Gasteiger partial charge in [0.25, 0.3) is 0 Å². The van der Waals surface area contributed by atoms with E-state index in [-0.39, 0.29) is 17.9 Å². The van der Waals surface area contributed by atoms with E-state index in [1.54, 1.807) is 0 Å². The van der Waals surface area contributed by atoms with Gasteiger partial charge in [-0.05, 0) is 25.8 Å². The predicted molar refractivity (Wildman–Crippen MR) is 67.0 cm³/mol. The molecule has 2 atom stereocenters. The minimum atomic E-state index is 0.258. The van der Waals surface area contributed by atoms with Crippen molar-refractivity contribution in [3.8, 4) is 0 Å². The molecule has 3 aliphatic rings. The summed E-state index contributed by atoms with van der Waals surface area (Å²) >= 11 is 0. The fraction of sp³-hybridized carbons (Fsp3) is 0.846. The summed E-state index contributed by atoms with van der Waals surface area (Å²) < 4.78 is 0. The molecule has 0 aliphatic carbocycles. The first kappa shape index (κ1) is 12.0. The van der Waals surface area contributed by atoms with Gasteiger partial charge < -0.3 is 15.1 Å². The third kappa shape index (κ3) is 2.23. The number of amides is 2. The van der Waals surface area contributed by atoms with E-state index in [1.165, 1.54) is 6.42 Å². The summed E-state index contributed by atoms with van der Waals surface area (Å²) in [6.45, 7) is 3.24. The van der Waals surface area contributed by atoms with Crippen LogP contribution in [-0.4, -0.2) is 59.9 Å². The van der Waals surface area contributed by atoms with Crippen LogP contribution in [-0.2, 0) is 9.59 Å². The lowest BCUT2D eigenvalue weighted by Gasteiger charge is -2.38. The van der Waals surface area contributed by atoms with E-state index < -0.39 is 0 Å². The third-order valence-corrected chi connectivity index (χ3v) is 4.43. The molecule has 0 saturated carbocycles. The molecular formula is C13H21N3O2. The second kappa shape index (κ2) is 4.88. The molecule has 2 amide bonds. The summed E-state index contributed by atoms with van der Waals surface area (Å²) in [6, 6.07) is 0.660. The lowest BCUT2D eigenvalue weighted by atomic mass is 10.1. The molecule has 3 rings (SSSR count). The molecule has 1 N–H and O–H groups in total. The number of carbonyl (C=O) groups excluding carboxylic acids is 2. The van der Waals surface area contributed by atoms with Crippen LogP contribution in [0.4, 0.5) is 0 Å². The normalized spacial score (nSPS) is 31.9. The standard InChI is InChI=1S/C13H21N3O2/c17-12-4-3-11-9-15(6-7-16(11)12)13(18)8-10-2-1-5-14-10/h10-11,14H,1-9H2. The van der Waals surface area contributed by atoms with Gasteiger partial charge in [-0.1, -0.05) is 0 Å². The van der Waals surface area contributed by atoms with E-state index >= 15 is 0 Å². The second-order valence-electron chi connectivity index (χ2n) is 5.62. The Hall–Kier alpha value is -1.10. The lowest BCUT2D eigenvalue weighted by Crippen LogP contribution is -2.53. The van der Waals surface area contributed by atoms with Crippen LogP contribution in [0.3, 0.4) is 0 Å². The molecule has 18 heavy (non-hydrogen) atoms. The Labute approximate surface area is 107 Å². The van der Waals surface area contributed by atoms with Gasteiger partial charge in [0.05, 0.1) is 0 Å². The molecule has 3 fully saturated rings. The van der Waals surface area contributed by atoms with Gasteiger partial charge in [-0.2, -0.15) is 0 Å². The highest BCUT2D eigenvalue weighted by atomic mass is 16.2. The third-order valence-electron chi connectivity index (χ3n) is 4.43. The van der Waals surface area contributed by atoms with E-state index in [9.17, 15) is 9.59 Å². The van der Waals surface area contributed by atoms with Crippen LogP contribution >= 0.6 is 0 Å². The summed E-state index contributed by atoms with van der Waals surface area (Å²) in [7, 11) is 0. The quantitative estimate of drug-likeness (QED) is 0.749. The van der Waals surface area contributed by atoms with Crippen molar-refractivity contribution in [2.24, 2.45) is 0 Å². The Balaban J connectivity index is 1.54. The molecule has 2 unspecified atom stereocenters. The van der Waals surface area contributed by atoms with Gasteiger partial charge in [0.1, 0.15) is 0 Å². The Morgan fingerprint density at radius 3 is 3.00 bits per heavy atom. The lowest BCUT2D eigenvalue weighted by molar-refractivity contribution is -0.139. The minimum absolute atomic E-state index is 0.258. The summed E-state index contributed by atoms with van der Waals surface area (Å²) in [4.78, 5) is 27.7. The van der Waals surface area contributed by atoms with Gasteiger partial charge in [-0.15, -0.1) is 0 Å². The molecule has 0 aromatic rings. The van der Waals surface area contributed by atoms with Crippen molar-refractivity contribution in [1.29, 1.82) is 0 Å². The number of piperazine rings is 1. The van der Waals surface area contributed by atoms with Crippen molar-refractivity contribution in [3.05, 3.63) is 0 Å². The maximum Gasteiger partial charge on any atom is 0.224 e.